The van der Waals surface area contributed by atoms with Gasteiger partial charge in [0.05, 0.1) is 0 Å². The van der Waals surface area contributed by atoms with E-state index in [1.165, 1.54) is 17.5 Å². The molecule has 2 heterocycles. The molecule has 4 rings (SSSR count). The molecule has 1 aliphatic carbocycles. The second-order valence-electron chi connectivity index (χ2n) is 7.94. The van der Waals surface area contributed by atoms with Gasteiger partial charge in [0.2, 0.25) is 0 Å². The Morgan fingerprint density at radius 3 is 2.66 bits per heavy atom. The number of halogens is 1. The molecule has 6 nitrogen and oxygen atoms in total. The molecule has 2 unspecified atom stereocenters. The number of hydrogen-bond acceptors (Lipinski definition) is 3. The molecule has 29 heavy (non-hydrogen) atoms. The van der Waals surface area contributed by atoms with E-state index in [2.05, 4.69) is 41.4 Å². The van der Waals surface area contributed by atoms with Crippen LogP contribution in [-0.2, 0) is 16.0 Å². The van der Waals surface area contributed by atoms with Gasteiger partial charge in [0, 0.05) is 51.8 Å². The van der Waals surface area contributed by atoms with Crippen molar-refractivity contribution < 1.29 is 9.53 Å². The van der Waals surface area contributed by atoms with Crippen molar-refractivity contribution in [3.63, 3.8) is 0 Å². The fourth-order valence-electron chi connectivity index (χ4n) is 4.57. The van der Waals surface area contributed by atoms with Crippen molar-refractivity contribution in [2.45, 2.75) is 44.6 Å². The SMILES string of the molecule is CCNC(=NCC1CCc2ccccc21)N1CCN(C(=O)C2CCCO2)CC1.I. The van der Waals surface area contributed by atoms with Gasteiger partial charge in [-0.2, -0.15) is 0 Å². The summed E-state index contributed by atoms with van der Waals surface area (Å²) >= 11 is 0. The maximum absolute atomic E-state index is 12.6. The first-order valence-electron chi connectivity index (χ1n) is 10.8. The Labute approximate surface area is 191 Å². The van der Waals surface area contributed by atoms with Gasteiger partial charge in [-0.15, -0.1) is 24.0 Å². The molecule has 160 valence electrons. The summed E-state index contributed by atoms with van der Waals surface area (Å²) < 4.78 is 5.56. The molecule has 7 heteroatoms. The van der Waals surface area contributed by atoms with Crippen LogP contribution in [0, 0.1) is 0 Å². The first-order chi connectivity index (χ1) is 13.8. The number of ether oxygens (including phenoxy) is 1. The molecular formula is C22H33IN4O2. The fourth-order valence-corrected chi connectivity index (χ4v) is 4.57. The van der Waals surface area contributed by atoms with E-state index in [0.29, 0.717) is 5.92 Å². The molecule has 2 aliphatic heterocycles. The lowest BCUT2D eigenvalue weighted by Gasteiger charge is -2.37. The van der Waals surface area contributed by atoms with Crippen molar-refractivity contribution in [2.24, 2.45) is 4.99 Å². The maximum Gasteiger partial charge on any atom is 0.251 e. The smallest absolute Gasteiger partial charge is 0.251 e. The molecule has 2 atom stereocenters. The van der Waals surface area contributed by atoms with Crippen LogP contribution in [0.2, 0.25) is 0 Å². The number of rotatable bonds is 4. The van der Waals surface area contributed by atoms with E-state index in [1.807, 2.05) is 4.90 Å². The molecule has 2 saturated heterocycles. The monoisotopic (exact) mass is 512 g/mol. The van der Waals surface area contributed by atoms with Crippen molar-refractivity contribution in [3.8, 4) is 0 Å². The summed E-state index contributed by atoms with van der Waals surface area (Å²) in [6, 6.07) is 8.77. The molecule has 0 aromatic heterocycles. The number of aliphatic imine (C=N–C) groups is 1. The quantitative estimate of drug-likeness (QED) is 0.383. The number of benzene rings is 1. The van der Waals surface area contributed by atoms with Crippen molar-refractivity contribution in [1.29, 1.82) is 0 Å². The highest BCUT2D eigenvalue weighted by Crippen LogP contribution is 2.32. The summed E-state index contributed by atoms with van der Waals surface area (Å²) in [5, 5.41) is 3.45. The van der Waals surface area contributed by atoms with Gasteiger partial charge < -0.3 is 19.9 Å². The van der Waals surface area contributed by atoms with Gasteiger partial charge >= 0.3 is 0 Å². The van der Waals surface area contributed by atoms with Crippen LogP contribution in [0.3, 0.4) is 0 Å². The zero-order valence-corrected chi connectivity index (χ0v) is 19.6. The molecule has 2 fully saturated rings. The van der Waals surface area contributed by atoms with E-state index in [0.717, 1.165) is 71.1 Å². The second kappa shape index (κ2) is 10.6. The van der Waals surface area contributed by atoms with Crippen molar-refractivity contribution in [2.75, 3.05) is 45.9 Å². The lowest BCUT2D eigenvalue weighted by molar-refractivity contribution is -0.142. The van der Waals surface area contributed by atoms with Crippen molar-refractivity contribution >= 4 is 35.8 Å². The van der Waals surface area contributed by atoms with E-state index in [4.69, 9.17) is 9.73 Å². The van der Waals surface area contributed by atoms with Gasteiger partial charge in [-0.1, -0.05) is 24.3 Å². The zero-order chi connectivity index (χ0) is 19.3. The van der Waals surface area contributed by atoms with Gasteiger partial charge in [0.15, 0.2) is 5.96 Å². The first kappa shape index (κ1) is 22.3. The minimum atomic E-state index is -0.212. The van der Waals surface area contributed by atoms with Crippen molar-refractivity contribution in [1.82, 2.24) is 15.1 Å². The predicted molar refractivity (Wildman–Crippen MR) is 126 cm³/mol. The van der Waals surface area contributed by atoms with Gasteiger partial charge in [0.1, 0.15) is 6.10 Å². The summed E-state index contributed by atoms with van der Waals surface area (Å²) in [5.41, 5.74) is 2.95. The van der Waals surface area contributed by atoms with E-state index in [9.17, 15) is 4.79 Å². The Morgan fingerprint density at radius 2 is 1.93 bits per heavy atom. The summed E-state index contributed by atoms with van der Waals surface area (Å²) in [7, 11) is 0. The van der Waals surface area contributed by atoms with Gasteiger partial charge in [-0.05, 0) is 43.7 Å². The summed E-state index contributed by atoms with van der Waals surface area (Å²) in [5.74, 6) is 1.67. The average molecular weight is 512 g/mol. The zero-order valence-electron chi connectivity index (χ0n) is 17.3. The summed E-state index contributed by atoms with van der Waals surface area (Å²) in [6.45, 7) is 7.65. The van der Waals surface area contributed by atoms with E-state index in [-0.39, 0.29) is 36.0 Å². The Kier molecular flexibility index (Phi) is 8.17. The van der Waals surface area contributed by atoms with Gasteiger partial charge in [0.25, 0.3) is 5.91 Å². The Bertz CT molecular complexity index is 713. The molecule has 0 radical (unpaired) electrons. The lowest BCUT2D eigenvalue weighted by atomic mass is 10.0. The lowest BCUT2D eigenvalue weighted by Crippen LogP contribution is -2.55. The largest absolute Gasteiger partial charge is 0.368 e. The normalized spacial score (nSPS) is 24.2. The highest BCUT2D eigenvalue weighted by Gasteiger charge is 2.31. The predicted octanol–water partition coefficient (Wildman–Crippen LogP) is 2.62. The van der Waals surface area contributed by atoms with Crippen LogP contribution in [0.1, 0.15) is 43.2 Å². The van der Waals surface area contributed by atoms with Crippen LogP contribution in [0.25, 0.3) is 0 Å². The topological polar surface area (TPSA) is 57.2 Å². The number of carbonyl (C=O) groups excluding carboxylic acids is 1. The number of hydrogen-bond donors (Lipinski definition) is 1. The van der Waals surface area contributed by atoms with Crippen LogP contribution in [0.4, 0.5) is 0 Å². The molecule has 1 N–H and O–H groups in total. The van der Waals surface area contributed by atoms with E-state index >= 15 is 0 Å². The molecular weight excluding hydrogens is 479 g/mol. The standard InChI is InChI=1S/C22H32N4O2.HI/c1-2-23-22(24-16-18-10-9-17-6-3-4-7-19(17)18)26-13-11-25(12-14-26)21(27)20-8-5-15-28-20;/h3-4,6-7,18,20H,2,5,8-16H2,1H3,(H,23,24);1H. The van der Waals surface area contributed by atoms with Crippen LogP contribution in [0.15, 0.2) is 29.3 Å². The van der Waals surface area contributed by atoms with Crippen LogP contribution < -0.4 is 5.32 Å². The Morgan fingerprint density at radius 1 is 1.17 bits per heavy atom. The van der Waals surface area contributed by atoms with Crippen molar-refractivity contribution in [3.05, 3.63) is 35.4 Å². The third-order valence-corrected chi connectivity index (χ3v) is 6.15. The van der Waals surface area contributed by atoms with Crippen LogP contribution in [0.5, 0.6) is 0 Å². The molecule has 1 aromatic carbocycles. The Balaban J connectivity index is 0.00000240. The number of piperazine rings is 1. The number of nitrogens with one attached hydrogen (secondary N) is 1. The number of aryl methyl sites for hydroxylation is 1. The molecule has 0 bridgehead atoms. The third kappa shape index (κ3) is 5.23. The van der Waals surface area contributed by atoms with E-state index < -0.39 is 0 Å². The molecule has 1 amide bonds. The average Bonchev–Trinajstić information content (AvgIpc) is 3.41. The first-order valence-corrected chi connectivity index (χ1v) is 10.8. The number of nitrogens with zero attached hydrogens (tertiary/aromatic N) is 3. The van der Waals surface area contributed by atoms with Gasteiger partial charge in [-0.3, -0.25) is 9.79 Å². The highest BCUT2D eigenvalue weighted by atomic mass is 127. The van der Waals surface area contributed by atoms with Gasteiger partial charge in [-0.25, -0.2) is 0 Å². The van der Waals surface area contributed by atoms with E-state index in [1.54, 1.807) is 0 Å². The number of carbonyl (C=O) groups is 1. The minimum Gasteiger partial charge on any atom is -0.368 e. The number of guanidine groups is 1. The highest BCUT2D eigenvalue weighted by molar-refractivity contribution is 14.0. The molecule has 0 spiro atoms. The molecule has 0 saturated carbocycles. The van der Waals surface area contributed by atoms with Crippen LogP contribution >= 0.6 is 24.0 Å². The summed E-state index contributed by atoms with van der Waals surface area (Å²) in [4.78, 5) is 21.8. The molecule has 3 aliphatic rings. The fraction of sp³-hybridized carbons (Fsp3) is 0.636. The third-order valence-electron chi connectivity index (χ3n) is 6.15. The number of amides is 1. The Hall–Kier alpha value is -1.35. The molecule has 1 aromatic rings. The maximum atomic E-state index is 12.6. The summed E-state index contributed by atoms with van der Waals surface area (Å²) in [6.07, 6.45) is 4.00. The van der Waals surface area contributed by atoms with Crippen LogP contribution in [-0.4, -0.2) is 73.6 Å². The minimum absolute atomic E-state index is 0. The number of fused-ring (bicyclic) bond motifs is 1. The second-order valence-corrected chi connectivity index (χ2v) is 7.94.